The first-order valence-electron chi connectivity index (χ1n) is 10.1. The van der Waals surface area contributed by atoms with Gasteiger partial charge in [-0.05, 0) is 30.3 Å². The molecule has 0 atom stereocenters. The van der Waals surface area contributed by atoms with E-state index in [-0.39, 0.29) is 38.3 Å². The summed E-state index contributed by atoms with van der Waals surface area (Å²) in [6.45, 7) is 0.601. The van der Waals surface area contributed by atoms with E-state index in [2.05, 4.69) is 15.8 Å². The SMILES string of the molecule is Cn1c(CC(=O)NNC(=O)c2ccc(F)c(S(=O)(=O)N3CCOCC3)c2)nc2ccccc21. The number of nitrogens with zero attached hydrogens (tertiary/aromatic N) is 3. The van der Waals surface area contributed by atoms with Crippen LogP contribution in [0.5, 0.6) is 0 Å². The second kappa shape index (κ2) is 9.25. The van der Waals surface area contributed by atoms with Gasteiger partial charge in [0.05, 0.1) is 30.7 Å². The highest BCUT2D eigenvalue weighted by Gasteiger charge is 2.29. The summed E-state index contributed by atoms with van der Waals surface area (Å²) < 4.78 is 47.9. The van der Waals surface area contributed by atoms with Gasteiger partial charge in [0.2, 0.25) is 15.9 Å². The van der Waals surface area contributed by atoms with Crippen LogP contribution in [0, 0.1) is 5.82 Å². The Hall–Kier alpha value is -3.35. The van der Waals surface area contributed by atoms with Crippen molar-refractivity contribution >= 4 is 32.9 Å². The first-order valence-corrected chi connectivity index (χ1v) is 11.6. The minimum absolute atomic E-state index is 0.0917. The van der Waals surface area contributed by atoms with E-state index in [0.717, 1.165) is 33.5 Å². The van der Waals surface area contributed by atoms with Gasteiger partial charge in [-0.2, -0.15) is 4.31 Å². The number of nitrogens with one attached hydrogen (secondary N) is 2. The molecule has 12 heteroatoms. The maximum atomic E-state index is 14.3. The number of aromatic nitrogens is 2. The molecule has 1 saturated heterocycles. The second-order valence-electron chi connectivity index (χ2n) is 7.42. The van der Waals surface area contributed by atoms with E-state index in [9.17, 15) is 22.4 Å². The van der Waals surface area contributed by atoms with Crippen LogP contribution >= 0.6 is 0 Å². The van der Waals surface area contributed by atoms with Gasteiger partial charge in [0.1, 0.15) is 16.5 Å². The minimum atomic E-state index is -4.14. The third kappa shape index (κ3) is 4.72. The fraction of sp³-hybridized carbons (Fsp3) is 0.286. The van der Waals surface area contributed by atoms with E-state index < -0.39 is 32.6 Å². The number of ether oxygens (including phenoxy) is 1. The molecule has 1 fully saturated rings. The fourth-order valence-electron chi connectivity index (χ4n) is 3.51. The highest BCUT2D eigenvalue weighted by molar-refractivity contribution is 7.89. The van der Waals surface area contributed by atoms with Crippen LogP contribution in [0.3, 0.4) is 0 Å². The fourth-order valence-corrected chi connectivity index (χ4v) is 5.01. The van der Waals surface area contributed by atoms with E-state index in [1.807, 2.05) is 24.3 Å². The molecule has 0 radical (unpaired) electrons. The third-order valence-corrected chi connectivity index (χ3v) is 7.21. The zero-order valence-electron chi connectivity index (χ0n) is 17.7. The predicted molar refractivity (Wildman–Crippen MR) is 116 cm³/mol. The summed E-state index contributed by atoms with van der Waals surface area (Å²) >= 11 is 0. The molecule has 10 nitrogen and oxygen atoms in total. The van der Waals surface area contributed by atoms with Crippen LogP contribution in [0.4, 0.5) is 4.39 Å². The number of morpholine rings is 1. The van der Waals surface area contributed by atoms with Gasteiger partial charge in [-0.15, -0.1) is 0 Å². The van der Waals surface area contributed by atoms with Gasteiger partial charge in [-0.3, -0.25) is 20.4 Å². The molecular formula is C21H22FN5O5S. The molecule has 2 aromatic carbocycles. The van der Waals surface area contributed by atoms with Crippen molar-refractivity contribution in [3.8, 4) is 0 Å². The van der Waals surface area contributed by atoms with Crippen LogP contribution in [-0.2, 0) is 33.0 Å². The molecule has 2 heterocycles. The summed E-state index contributed by atoms with van der Waals surface area (Å²) in [5.74, 6) is -1.77. The largest absolute Gasteiger partial charge is 0.379 e. The maximum absolute atomic E-state index is 14.3. The summed E-state index contributed by atoms with van der Waals surface area (Å²) in [6.07, 6.45) is -0.0917. The van der Waals surface area contributed by atoms with E-state index in [0.29, 0.717) is 5.82 Å². The van der Waals surface area contributed by atoms with Crippen molar-refractivity contribution in [1.29, 1.82) is 0 Å². The van der Waals surface area contributed by atoms with E-state index >= 15 is 0 Å². The van der Waals surface area contributed by atoms with Crippen LogP contribution < -0.4 is 10.9 Å². The summed E-state index contributed by atoms with van der Waals surface area (Å²) in [5.41, 5.74) is 5.99. The quantitative estimate of drug-likeness (QED) is 0.525. The highest BCUT2D eigenvalue weighted by Crippen LogP contribution is 2.22. The third-order valence-electron chi connectivity index (χ3n) is 5.30. The first kappa shape index (κ1) is 22.8. The Morgan fingerprint density at radius 2 is 1.85 bits per heavy atom. The van der Waals surface area contributed by atoms with Crippen molar-refractivity contribution in [2.24, 2.45) is 7.05 Å². The lowest BCUT2D eigenvalue weighted by Gasteiger charge is -2.26. The van der Waals surface area contributed by atoms with Gasteiger partial charge in [0.25, 0.3) is 5.91 Å². The summed E-state index contributed by atoms with van der Waals surface area (Å²) in [7, 11) is -2.36. The number of halogens is 1. The summed E-state index contributed by atoms with van der Waals surface area (Å²) in [4.78, 5) is 28.6. The number of para-hydroxylation sites is 2. The lowest BCUT2D eigenvalue weighted by molar-refractivity contribution is -0.121. The van der Waals surface area contributed by atoms with Gasteiger partial charge >= 0.3 is 0 Å². The number of rotatable bonds is 5. The molecule has 0 aliphatic carbocycles. The molecule has 1 aromatic heterocycles. The number of imidazole rings is 1. The number of sulfonamides is 1. The Balaban J connectivity index is 1.43. The Morgan fingerprint density at radius 1 is 1.12 bits per heavy atom. The number of amides is 2. The molecule has 4 rings (SSSR count). The van der Waals surface area contributed by atoms with Crippen LogP contribution in [0.15, 0.2) is 47.4 Å². The highest BCUT2D eigenvalue weighted by atomic mass is 32.2. The summed E-state index contributed by atoms with van der Waals surface area (Å²) in [6, 6.07) is 10.4. The van der Waals surface area contributed by atoms with Crippen molar-refractivity contribution in [1.82, 2.24) is 24.7 Å². The van der Waals surface area contributed by atoms with Gasteiger partial charge in [-0.25, -0.2) is 17.8 Å². The number of benzene rings is 2. The smallest absolute Gasteiger partial charge is 0.269 e. The van der Waals surface area contributed by atoms with Gasteiger partial charge in [0, 0.05) is 25.7 Å². The monoisotopic (exact) mass is 475 g/mol. The van der Waals surface area contributed by atoms with E-state index in [1.54, 1.807) is 11.6 Å². The van der Waals surface area contributed by atoms with Crippen molar-refractivity contribution in [3.63, 3.8) is 0 Å². The summed E-state index contributed by atoms with van der Waals surface area (Å²) in [5, 5.41) is 0. The number of carbonyl (C=O) groups is 2. The average molecular weight is 476 g/mol. The second-order valence-corrected chi connectivity index (χ2v) is 9.32. The molecule has 0 unspecified atom stereocenters. The molecule has 1 aliphatic heterocycles. The lowest BCUT2D eigenvalue weighted by atomic mass is 10.2. The molecule has 174 valence electrons. The number of hydrazine groups is 1. The number of hydrogen-bond donors (Lipinski definition) is 2. The van der Waals surface area contributed by atoms with Crippen LogP contribution in [0.1, 0.15) is 16.2 Å². The number of aryl methyl sites for hydroxylation is 1. The topological polar surface area (TPSA) is 123 Å². The van der Waals surface area contributed by atoms with Gasteiger partial charge < -0.3 is 9.30 Å². The molecular weight excluding hydrogens is 453 g/mol. The molecule has 1 aliphatic rings. The Kier molecular flexibility index (Phi) is 6.40. The van der Waals surface area contributed by atoms with Crippen LogP contribution in [0.2, 0.25) is 0 Å². The zero-order valence-corrected chi connectivity index (χ0v) is 18.6. The number of hydrogen-bond acceptors (Lipinski definition) is 6. The Morgan fingerprint density at radius 3 is 2.58 bits per heavy atom. The van der Waals surface area contributed by atoms with E-state index in [4.69, 9.17) is 4.74 Å². The molecule has 0 spiro atoms. The Bertz CT molecular complexity index is 1320. The van der Waals surface area contributed by atoms with Crippen LogP contribution in [-0.4, -0.2) is 60.4 Å². The predicted octanol–water partition coefficient (Wildman–Crippen LogP) is 0.737. The normalized spacial score (nSPS) is 14.8. The van der Waals surface area contributed by atoms with Gasteiger partial charge in [0.15, 0.2) is 0 Å². The van der Waals surface area contributed by atoms with Crippen molar-refractivity contribution < 1.29 is 27.1 Å². The first-order chi connectivity index (χ1) is 15.8. The molecule has 33 heavy (non-hydrogen) atoms. The molecule has 2 N–H and O–H groups in total. The molecule has 2 amide bonds. The van der Waals surface area contributed by atoms with Gasteiger partial charge in [-0.1, -0.05) is 12.1 Å². The van der Waals surface area contributed by atoms with Crippen LogP contribution in [0.25, 0.3) is 11.0 Å². The van der Waals surface area contributed by atoms with Crippen molar-refractivity contribution in [2.75, 3.05) is 26.3 Å². The zero-order chi connectivity index (χ0) is 23.6. The average Bonchev–Trinajstić information content (AvgIpc) is 3.13. The van der Waals surface area contributed by atoms with Crippen molar-refractivity contribution in [3.05, 3.63) is 59.7 Å². The van der Waals surface area contributed by atoms with E-state index in [1.165, 1.54) is 0 Å². The number of carbonyl (C=O) groups excluding carboxylic acids is 2. The minimum Gasteiger partial charge on any atom is -0.379 e. The lowest BCUT2D eigenvalue weighted by Crippen LogP contribution is -2.43. The standard InChI is InChI=1S/C21H22FN5O5S/c1-26-17-5-3-2-4-16(17)23-19(26)13-20(28)24-25-21(29)14-6-7-15(22)18(12-14)33(30,31)27-8-10-32-11-9-27/h2-7,12H,8-11,13H2,1H3,(H,24,28)(H,25,29). The van der Waals surface area contributed by atoms with Crippen molar-refractivity contribution in [2.45, 2.75) is 11.3 Å². The Labute approximate surface area is 189 Å². The molecule has 0 saturated carbocycles. The maximum Gasteiger partial charge on any atom is 0.269 e. The molecule has 3 aromatic rings. The number of fused-ring (bicyclic) bond motifs is 1. The molecule has 0 bridgehead atoms.